The average Bonchev–Trinajstić information content (AvgIpc) is 2.59. The summed E-state index contributed by atoms with van der Waals surface area (Å²) in [5.74, 6) is 0.421. The summed E-state index contributed by atoms with van der Waals surface area (Å²) < 4.78 is 5.28. The first kappa shape index (κ1) is 10.5. The van der Waals surface area contributed by atoms with Gasteiger partial charge in [-0.3, -0.25) is 10.1 Å². The van der Waals surface area contributed by atoms with Gasteiger partial charge in [-0.05, 0) is 24.6 Å². The van der Waals surface area contributed by atoms with Crippen LogP contribution in [0.15, 0.2) is 24.3 Å². The van der Waals surface area contributed by atoms with Gasteiger partial charge in [-0.2, -0.15) is 0 Å². The monoisotopic (exact) mass is 220 g/mol. The molecule has 1 atom stereocenters. The molecule has 2 rings (SSSR count). The average molecular weight is 220 g/mol. The van der Waals surface area contributed by atoms with E-state index < -0.39 is 12.1 Å². The summed E-state index contributed by atoms with van der Waals surface area (Å²) >= 11 is 0. The van der Waals surface area contributed by atoms with Crippen molar-refractivity contribution < 1.29 is 14.3 Å². The van der Waals surface area contributed by atoms with E-state index in [9.17, 15) is 9.59 Å². The standard InChI is InChI=1S/C11H12N2O3/c1-2-16-8-5-3-7(4-6-8)9-10(14)13-11(15)12-9/h3-6,9H,2H2,1H3,(H2,12,13,14,15). The molecule has 5 heteroatoms. The fraction of sp³-hybridized carbons (Fsp3) is 0.273. The normalized spacial score (nSPS) is 19.2. The van der Waals surface area contributed by atoms with Crippen LogP contribution in [0.2, 0.25) is 0 Å². The van der Waals surface area contributed by atoms with Crippen molar-refractivity contribution in [3.8, 4) is 5.75 Å². The fourth-order valence-corrected chi connectivity index (χ4v) is 1.57. The number of carbonyl (C=O) groups is 2. The number of benzene rings is 1. The topological polar surface area (TPSA) is 67.4 Å². The Hall–Kier alpha value is -2.04. The molecule has 2 N–H and O–H groups in total. The molecule has 0 spiro atoms. The molecule has 1 fully saturated rings. The summed E-state index contributed by atoms with van der Waals surface area (Å²) in [4.78, 5) is 22.3. The molecule has 84 valence electrons. The third kappa shape index (κ3) is 1.98. The van der Waals surface area contributed by atoms with E-state index in [1.165, 1.54) is 0 Å². The summed E-state index contributed by atoms with van der Waals surface area (Å²) in [5, 5.41) is 4.72. The van der Waals surface area contributed by atoms with E-state index in [1.807, 2.05) is 6.92 Å². The van der Waals surface area contributed by atoms with Gasteiger partial charge in [0, 0.05) is 0 Å². The van der Waals surface area contributed by atoms with Crippen molar-refractivity contribution in [1.29, 1.82) is 0 Å². The molecule has 0 radical (unpaired) electrons. The Morgan fingerprint density at radius 3 is 2.44 bits per heavy atom. The molecule has 16 heavy (non-hydrogen) atoms. The smallest absolute Gasteiger partial charge is 0.322 e. The highest BCUT2D eigenvalue weighted by Crippen LogP contribution is 2.19. The SMILES string of the molecule is CCOc1ccc(C2NC(=O)NC2=O)cc1. The number of imide groups is 1. The van der Waals surface area contributed by atoms with Gasteiger partial charge in [0.2, 0.25) is 0 Å². The Bertz CT molecular complexity index is 414. The fourth-order valence-electron chi connectivity index (χ4n) is 1.57. The molecule has 1 unspecified atom stereocenters. The van der Waals surface area contributed by atoms with Gasteiger partial charge in [0.05, 0.1) is 6.61 Å². The highest BCUT2D eigenvalue weighted by molar-refractivity contribution is 6.04. The van der Waals surface area contributed by atoms with Crippen molar-refractivity contribution in [1.82, 2.24) is 10.6 Å². The number of rotatable bonds is 3. The van der Waals surface area contributed by atoms with E-state index in [0.29, 0.717) is 6.61 Å². The lowest BCUT2D eigenvalue weighted by Crippen LogP contribution is -2.22. The third-order valence-electron chi connectivity index (χ3n) is 2.30. The molecule has 1 heterocycles. The molecular weight excluding hydrogens is 208 g/mol. The summed E-state index contributed by atoms with van der Waals surface area (Å²) in [7, 11) is 0. The lowest BCUT2D eigenvalue weighted by atomic mass is 10.1. The maximum Gasteiger partial charge on any atom is 0.322 e. The van der Waals surface area contributed by atoms with Crippen molar-refractivity contribution >= 4 is 11.9 Å². The molecule has 0 saturated carbocycles. The van der Waals surface area contributed by atoms with Crippen LogP contribution < -0.4 is 15.4 Å². The molecular formula is C11H12N2O3. The summed E-state index contributed by atoms with van der Waals surface area (Å²) in [6.45, 7) is 2.50. The molecule has 0 bridgehead atoms. The number of hydrogen-bond donors (Lipinski definition) is 2. The Morgan fingerprint density at radius 1 is 1.25 bits per heavy atom. The van der Waals surface area contributed by atoms with Crippen LogP contribution in [0.1, 0.15) is 18.5 Å². The number of amides is 3. The maximum atomic E-state index is 11.4. The largest absolute Gasteiger partial charge is 0.494 e. The van der Waals surface area contributed by atoms with Crippen LogP contribution >= 0.6 is 0 Å². The van der Waals surface area contributed by atoms with E-state index in [0.717, 1.165) is 11.3 Å². The van der Waals surface area contributed by atoms with Gasteiger partial charge in [-0.15, -0.1) is 0 Å². The third-order valence-corrected chi connectivity index (χ3v) is 2.30. The predicted molar refractivity (Wildman–Crippen MR) is 57.0 cm³/mol. The highest BCUT2D eigenvalue weighted by Gasteiger charge is 2.30. The number of nitrogens with one attached hydrogen (secondary N) is 2. The van der Waals surface area contributed by atoms with Crippen molar-refractivity contribution in [2.75, 3.05) is 6.61 Å². The second kappa shape index (κ2) is 4.22. The zero-order chi connectivity index (χ0) is 11.5. The second-order valence-corrected chi connectivity index (χ2v) is 3.40. The van der Waals surface area contributed by atoms with E-state index in [4.69, 9.17) is 4.74 Å². The van der Waals surface area contributed by atoms with Crippen molar-refractivity contribution in [3.63, 3.8) is 0 Å². The minimum absolute atomic E-state index is 0.325. The zero-order valence-corrected chi connectivity index (χ0v) is 8.82. The first-order chi connectivity index (χ1) is 7.70. The van der Waals surface area contributed by atoms with Gasteiger partial charge in [0.1, 0.15) is 11.8 Å². The molecule has 1 aromatic rings. The molecule has 0 aliphatic carbocycles. The van der Waals surface area contributed by atoms with Crippen LogP contribution in [0.4, 0.5) is 4.79 Å². The number of carbonyl (C=O) groups excluding carboxylic acids is 2. The van der Waals surface area contributed by atoms with E-state index in [-0.39, 0.29) is 5.91 Å². The Kier molecular flexibility index (Phi) is 2.76. The lowest BCUT2D eigenvalue weighted by Gasteiger charge is -2.08. The summed E-state index contributed by atoms with van der Waals surface area (Å²) in [6.07, 6.45) is 0. The molecule has 1 aliphatic heterocycles. The molecule has 1 saturated heterocycles. The molecule has 0 aromatic heterocycles. The van der Waals surface area contributed by atoms with Crippen LogP contribution in [-0.2, 0) is 4.79 Å². The van der Waals surface area contributed by atoms with Gasteiger partial charge in [0.15, 0.2) is 0 Å². The van der Waals surface area contributed by atoms with Crippen LogP contribution in [-0.4, -0.2) is 18.5 Å². The first-order valence-corrected chi connectivity index (χ1v) is 5.05. The summed E-state index contributed by atoms with van der Waals surface area (Å²) in [5.41, 5.74) is 0.742. The highest BCUT2D eigenvalue weighted by atomic mass is 16.5. The minimum atomic E-state index is -0.594. The van der Waals surface area contributed by atoms with Gasteiger partial charge in [-0.1, -0.05) is 12.1 Å². The van der Waals surface area contributed by atoms with E-state index in [1.54, 1.807) is 24.3 Å². The van der Waals surface area contributed by atoms with Crippen LogP contribution in [0.5, 0.6) is 5.75 Å². The van der Waals surface area contributed by atoms with Crippen LogP contribution in [0.3, 0.4) is 0 Å². The Labute approximate surface area is 92.8 Å². The number of urea groups is 1. The van der Waals surface area contributed by atoms with Gasteiger partial charge < -0.3 is 10.1 Å². The van der Waals surface area contributed by atoms with Crippen molar-refractivity contribution in [2.24, 2.45) is 0 Å². The zero-order valence-electron chi connectivity index (χ0n) is 8.82. The Balaban J connectivity index is 2.15. The van der Waals surface area contributed by atoms with Crippen molar-refractivity contribution in [2.45, 2.75) is 13.0 Å². The van der Waals surface area contributed by atoms with Crippen LogP contribution in [0.25, 0.3) is 0 Å². The molecule has 1 aliphatic rings. The van der Waals surface area contributed by atoms with E-state index >= 15 is 0 Å². The number of ether oxygens (including phenoxy) is 1. The van der Waals surface area contributed by atoms with Crippen molar-refractivity contribution in [3.05, 3.63) is 29.8 Å². The molecule has 1 aromatic carbocycles. The maximum absolute atomic E-state index is 11.4. The molecule has 3 amide bonds. The first-order valence-electron chi connectivity index (χ1n) is 5.05. The van der Waals surface area contributed by atoms with Gasteiger partial charge in [0.25, 0.3) is 5.91 Å². The summed E-state index contributed by atoms with van der Waals surface area (Å²) in [6, 6.07) is 6.03. The van der Waals surface area contributed by atoms with Gasteiger partial charge >= 0.3 is 6.03 Å². The van der Waals surface area contributed by atoms with Crippen LogP contribution in [0, 0.1) is 0 Å². The Morgan fingerprint density at radius 2 is 1.94 bits per heavy atom. The lowest BCUT2D eigenvalue weighted by molar-refractivity contribution is -0.120. The number of hydrogen-bond acceptors (Lipinski definition) is 3. The van der Waals surface area contributed by atoms with Gasteiger partial charge in [-0.25, -0.2) is 4.79 Å². The second-order valence-electron chi connectivity index (χ2n) is 3.40. The molecule has 5 nitrogen and oxygen atoms in total. The quantitative estimate of drug-likeness (QED) is 0.746. The predicted octanol–water partition coefficient (Wildman–Crippen LogP) is 0.966. The van der Waals surface area contributed by atoms with E-state index in [2.05, 4.69) is 10.6 Å². The minimum Gasteiger partial charge on any atom is -0.494 e.